The number of hydrogen-bond acceptors (Lipinski definition) is 4. The van der Waals surface area contributed by atoms with Gasteiger partial charge in [0.25, 0.3) is 0 Å². The van der Waals surface area contributed by atoms with E-state index in [2.05, 4.69) is 10.4 Å². The molecule has 0 spiro atoms. The highest BCUT2D eigenvalue weighted by Crippen LogP contribution is 2.32. The summed E-state index contributed by atoms with van der Waals surface area (Å²) in [4.78, 5) is 25.5. The molecule has 0 fully saturated rings. The Morgan fingerprint density at radius 2 is 1.76 bits per heavy atom. The Balaban J connectivity index is 1.85. The van der Waals surface area contributed by atoms with Gasteiger partial charge in [0.05, 0.1) is 24.3 Å². The number of aliphatic hydroxyl groups excluding tert-OH is 1. The second-order valence-corrected chi connectivity index (χ2v) is 8.33. The van der Waals surface area contributed by atoms with Crippen LogP contribution >= 0.6 is 11.6 Å². The highest BCUT2D eigenvalue weighted by atomic mass is 35.5. The molecule has 0 bridgehead atoms. The van der Waals surface area contributed by atoms with Gasteiger partial charge in [0, 0.05) is 10.6 Å². The molecular formula is C22H22ClF3N4O3. The standard InChI is InChI=1S/C22H22ClF3N4O3/c1-21(2,15-4-3-5-16(12-15)22(24,25)26)27-18(32)13-30-20(33)29(10-11-31)19(28-30)14-6-8-17(23)9-7-14/h3-9,12,31H,10-11,13H2,1-2H3,(H,27,32). The van der Waals surface area contributed by atoms with Crippen molar-refractivity contribution in [2.45, 2.75) is 38.7 Å². The van der Waals surface area contributed by atoms with Crippen LogP contribution in [-0.2, 0) is 29.6 Å². The number of hydrogen-bond donors (Lipinski definition) is 2. The number of halogens is 4. The second-order valence-electron chi connectivity index (χ2n) is 7.90. The fourth-order valence-electron chi connectivity index (χ4n) is 3.34. The number of nitrogens with zero attached hydrogens (tertiary/aromatic N) is 3. The molecule has 0 radical (unpaired) electrons. The number of nitrogens with one attached hydrogen (secondary N) is 1. The fraction of sp³-hybridized carbons (Fsp3) is 0.318. The maximum absolute atomic E-state index is 13.1. The van der Waals surface area contributed by atoms with Gasteiger partial charge in [0.15, 0.2) is 5.82 Å². The van der Waals surface area contributed by atoms with Crippen molar-refractivity contribution in [3.05, 3.63) is 75.2 Å². The van der Waals surface area contributed by atoms with Crippen molar-refractivity contribution in [2.75, 3.05) is 6.61 Å². The molecule has 0 saturated heterocycles. The monoisotopic (exact) mass is 482 g/mol. The number of amides is 1. The molecule has 2 aromatic carbocycles. The highest BCUT2D eigenvalue weighted by molar-refractivity contribution is 6.30. The van der Waals surface area contributed by atoms with Crippen LogP contribution < -0.4 is 11.0 Å². The van der Waals surface area contributed by atoms with Gasteiger partial charge in [0.2, 0.25) is 5.91 Å². The smallest absolute Gasteiger partial charge is 0.395 e. The van der Waals surface area contributed by atoms with E-state index in [1.54, 1.807) is 38.1 Å². The van der Waals surface area contributed by atoms with E-state index >= 15 is 0 Å². The van der Waals surface area contributed by atoms with E-state index in [1.807, 2.05) is 0 Å². The highest BCUT2D eigenvalue weighted by Gasteiger charge is 2.32. The molecule has 0 saturated carbocycles. The molecule has 0 aliphatic carbocycles. The molecule has 0 aliphatic heterocycles. The van der Waals surface area contributed by atoms with Crippen LogP contribution in [0.1, 0.15) is 25.0 Å². The van der Waals surface area contributed by atoms with Crippen molar-refractivity contribution in [1.82, 2.24) is 19.7 Å². The Morgan fingerprint density at radius 3 is 2.36 bits per heavy atom. The molecular weight excluding hydrogens is 461 g/mol. The summed E-state index contributed by atoms with van der Waals surface area (Å²) in [6.45, 7) is 2.31. The minimum absolute atomic E-state index is 0.0336. The number of rotatable bonds is 7. The van der Waals surface area contributed by atoms with Crippen LogP contribution in [0.3, 0.4) is 0 Å². The maximum Gasteiger partial charge on any atom is 0.416 e. The first-order valence-corrected chi connectivity index (χ1v) is 10.3. The molecule has 1 heterocycles. The number of carbonyl (C=O) groups is 1. The van der Waals surface area contributed by atoms with Crippen LogP contribution in [0.2, 0.25) is 5.02 Å². The van der Waals surface area contributed by atoms with Crippen molar-refractivity contribution in [3.63, 3.8) is 0 Å². The summed E-state index contributed by atoms with van der Waals surface area (Å²) in [5.74, 6) is -0.369. The third-order valence-electron chi connectivity index (χ3n) is 5.01. The van der Waals surface area contributed by atoms with E-state index in [0.717, 1.165) is 16.8 Å². The predicted octanol–water partition coefficient (Wildman–Crippen LogP) is 3.43. The molecule has 176 valence electrons. The third kappa shape index (κ3) is 5.63. The second kappa shape index (κ2) is 9.40. The summed E-state index contributed by atoms with van der Waals surface area (Å²) in [5, 5.41) is 16.7. The van der Waals surface area contributed by atoms with Crippen LogP contribution in [0, 0.1) is 0 Å². The Labute approximate surface area is 192 Å². The summed E-state index contributed by atoms with van der Waals surface area (Å²) in [5.41, 5.74) is -1.76. The summed E-state index contributed by atoms with van der Waals surface area (Å²) >= 11 is 5.90. The zero-order valence-electron chi connectivity index (χ0n) is 17.9. The lowest BCUT2D eigenvalue weighted by atomic mass is 9.92. The van der Waals surface area contributed by atoms with Gasteiger partial charge in [-0.25, -0.2) is 9.48 Å². The van der Waals surface area contributed by atoms with Crippen LogP contribution in [0.25, 0.3) is 11.4 Å². The Hall–Kier alpha value is -3.11. The lowest BCUT2D eigenvalue weighted by Crippen LogP contribution is -2.44. The normalized spacial score (nSPS) is 12.1. The van der Waals surface area contributed by atoms with Crippen molar-refractivity contribution in [3.8, 4) is 11.4 Å². The summed E-state index contributed by atoms with van der Waals surface area (Å²) < 4.78 is 41.3. The molecule has 1 amide bonds. The number of aromatic nitrogens is 3. The van der Waals surface area contributed by atoms with Gasteiger partial charge in [-0.1, -0.05) is 23.7 Å². The molecule has 2 N–H and O–H groups in total. The third-order valence-corrected chi connectivity index (χ3v) is 5.26. The first-order valence-electron chi connectivity index (χ1n) is 9.95. The molecule has 0 aliphatic rings. The molecule has 3 rings (SSSR count). The maximum atomic E-state index is 13.1. The van der Waals surface area contributed by atoms with Crippen LogP contribution in [0.15, 0.2) is 53.3 Å². The number of carbonyl (C=O) groups excluding carboxylic acids is 1. The molecule has 33 heavy (non-hydrogen) atoms. The average molecular weight is 483 g/mol. The van der Waals surface area contributed by atoms with Gasteiger partial charge in [-0.05, 0) is 55.8 Å². The van der Waals surface area contributed by atoms with E-state index in [1.165, 1.54) is 16.7 Å². The average Bonchev–Trinajstić information content (AvgIpc) is 3.03. The van der Waals surface area contributed by atoms with E-state index in [9.17, 15) is 27.9 Å². The van der Waals surface area contributed by atoms with Gasteiger partial charge in [-0.2, -0.15) is 13.2 Å². The van der Waals surface area contributed by atoms with Crippen LogP contribution in [-0.4, -0.2) is 32.0 Å². The van der Waals surface area contributed by atoms with E-state index < -0.39 is 35.4 Å². The topological polar surface area (TPSA) is 89.2 Å². The van der Waals surface area contributed by atoms with Gasteiger partial charge in [0.1, 0.15) is 6.54 Å². The SMILES string of the molecule is CC(C)(NC(=O)Cn1nc(-c2ccc(Cl)cc2)n(CCO)c1=O)c1cccc(C(F)(F)F)c1. The van der Waals surface area contributed by atoms with Crippen molar-refractivity contribution in [2.24, 2.45) is 0 Å². The van der Waals surface area contributed by atoms with Gasteiger partial charge >= 0.3 is 11.9 Å². The van der Waals surface area contributed by atoms with E-state index in [4.69, 9.17) is 11.6 Å². The van der Waals surface area contributed by atoms with Crippen molar-refractivity contribution >= 4 is 17.5 Å². The van der Waals surface area contributed by atoms with Crippen molar-refractivity contribution in [1.29, 1.82) is 0 Å². The minimum atomic E-state index is -4.51. The number of benzene rings is 2. The molecule has 0 atom stereocenters. The molecule has 0 unspecified atom stereocenters. The Morgan fingerprint density at radius 1 is 1.12 bits per heavy atom. The summed E-state index contributed by atoms with van der Waals surface area (Å²) in [7, 11) is 0. The summed E-state index contributed by atoms with van der Waals surface area (Å²) in [6, 6.07) is 11.2. The molecule has 11 heteroatoms. The molecule has 1 aromatic heterocycles. The van der Waals surface area contributed by atoms with Gasteiger partial charge < -0.3 is 10.4 Å². The molecule has 7 nitrogen and oxygen atoms in total. The first-order chi connectivity index (χ1) is 15.4. The Kier molecular flexibility index (Phi) is 6.99. The minimum Gasteiger partial charge on any atom is -0.395 e. The van der Waals surface area contributed by atoms with Crippen LogP contribution in [0.5, 0.6) is 0 Å². The largest absolute Gasteiger partial charge is 0.416 e. The lowest BCUT2D eigenvalue weighted by molar-refractivity contribution is -0.137. The van der Waals surface area contributed by atoms with Gasteiger partial charge in [-0.3, -0.25) is 9.36 Å². The molecule has 3 aromatic rings. The first kappa shape index (κ1) is 24.5. The quantitative estimate of drug-likeness (QED) is 0.540. The summed E-state index contributed by atoms with van der Waals surface area (Å²) in [6.07, 6.45) is -4.51. The van der Waals surface area contributed by atoms with Crippen molar-refractivity contribution < 1.29 is 23.1 Å². The fourth-order valence-corrected chi connectivity index (χ4v) is 3.46. The van der Waals surface area contributed by atoms with Gasteiger partial charge in [-0.15, -0.1) is 5.10 Å². The zero-order valence-corrected chi connectivity index (χ0v) is 18.6. The van der Waals surface area contributed by atoms with E-state index in [0.29, 0.717) is 10.6 Å². The van der Waals surface area contributed by atoms with E-state index in [-0.39, 0.29) is 24.5 Å². The number of alkyl halides is 3. The van der Waals surface area contributed by atoms with Crippen LogP contribution in [0.4, 0.5) is 13.2 Å². The number of aliphatic hydroxyl groups is 1. The zero-order chi connectivity index (χ0) is 24.4. The Bertz CT molecular complexity index is 1200. The lowest BCUT2D eigenvalue weighted by Gasteiger charge is -2.27. The predicted molar refractivity (Wildman–Crippen MR) is 117 cm³/mol.